The van der Waals surface area contributed by atoms with Crippen LogP contribution in [0.15, 0.2) is 170 Å². The summed E-state index contributed by atoms with van der Waals surface area (Å²) in [7, 11) is -1.75. The Balaban J connectivity index is 1.14. The zero-order valence-electron chi connectivity index (χ0n) is 29.6. The van der Waals surface area contributed by atoms with E-state index in [0.29, 0.717) is 0 Å². The Hall–Kier alpha value is -6.42. The van der Waals surface area contributed by atoms with Crippen LogP contribution in [0.3, 0.4) is 0 Å². The van der Waals surface area contributed by atoms with Crippen LogP contribution >= 0.6 is 0 Å². The van der Waals surface area contributed by atoms with E-state index in [1.54, 1.807) is 10.4 Å². The highest BCUT2D eigenvalue weighted by Crippen LogP contribution is 2.45. The molecule has 53 heavy (non-hydrogen) atoms. The number of nitrogens with zero attached hydrogens (tertiary/aromatic N) is 2. The SMILES string of the molecule is C[Si]1(C)c2ccccc2-c2c1ccc1cc(-c3c4ccccc4c(-c4ccc5ccc6ccc(-c7ccccc7)nc6c5n4)c4ccccc34)ccc21. The van der Waals surface area contributed by atoms with Gasteiger partial charge in [0.15, 0.2) is 0 Å². The molecule has 8 aromatic carbocycles. The first kappa shape index (κ1) is 30.2. The molecule has 10 aromatic rings. The Morgan fingerprint density at radius 1 is 0.358 bits per heavy atom. The van der Waals surface area contributed by atoms with Crippen molar-refractivity contribution in [1.29, 1.82) is 0 Å². The molecule has 248 valence electrons. The van der Waals surface area contributed by atoms with Crippen molar-refractivity contribution in [1.82, 2.24) is 9.97 Å². The maximum absolute atomic E-state index is 5.46. The molecule has 0 radical (unpaired) electrons. The minimum atomic E-state index is -1.75. The second-order valence-electron chi connectivity index (χ2n) is 14.9. The Labute approximate surface area is 309 Å². The smallest absolute Gasteiger partial charge is 0.113 e. The number of pyridine rings is 2. The van der Waals surface area contributed by atoms with Crippen molar-refractivity contribution >= 4 is 72.6 Å². The van der Waals surface area contributed by atoms with Crippen molar-refractivity contribution in [3.63, 3.8) is 0 Å². The lowest BCUT2D eigenvalue weighted by atomic mass is 9.86. The Kier molecular flexibility index (Phi) is 6.44. The van der Waals surface area contributed by atoms with E-state index in [9.17, 15) is 0 Å². The van der Waals surface area contributed by atoms with Crippen molar-refractivity contribution < 1.29 is 0 Å². The number of aromatic nitrogens is 2. The molecular weight excluding hydrogens is 657 g/mol. The van der Waals surface area contributed by atoms with Crippen LogP contribution in [0.25, 0.3) is 98.9 Å². The van der Waals surface area contributed by atoms with E-state index in [1.807, 2.05) is 6.07 Å². The van der Waals surface area contributed by atoms with Crippen molar-refractivity contribution in [2.24, 2.45) is 0 Å². The third-order valence-corrected chi connectivity index (χ3v) is 15.2. The minimum absolute atomic E-state index is 0.921. The monoisotopic (exact) mass is 690 g/mol. The van der Waals surface area contributed by atoms with Gasteiger partial charge in [0.2, 0.25) is 0 Å². The first-order valence-electron chi connectivity index (χ1n) is 18.4. The van der Waals surface area contributed by atoms with Gasteiger partial charge >= 0.3 is 0 Å². The number of rotatable bonds is 3. The average molecular weight is 691 g/mol. The molecule has 2 aromatic heterocycles. The maximum atomic E-state index is 5.46. The van der Waals surface area contributed by atoms with Crippen LogP contribution in [0.2, 0.25) is 13.1 Å². The molecule has 0 N–H and O–H groups in total. The zero-order chi connectivity index (χ0) is 35.3. The van der Waals surface area contributed by atoms with Crippen LogP contribution < -0.4 is 10.4 Å². The summed E-state index contributed by atoms with van der Waals surface area (Å²) < 4.78 is 0. The highest BCUT2D eigenvalue weighted by Gasteiger charge is 2.38. The first-order chi connectivity index (χ1) is 26.0. The van der Waals surface area contributed by atoms with Crippen LogP contribution in [0.5, 0.6) is 0 Å². The molecule has 0 atom stereocenters. The average Bonchev–Trinajstić information content (AvgIpc) is 3.45. The lowest BCUT2D eigenvalue weighted by Crippen LogP contribution is -2.49. The lowest BCUT2D eigenvalue weighted by Gasteiger charge is -2.19. The molecule has 0 unspecified atom stereocenters. The molecule has 0 bridgehead atoms. The minimum Gasteiger partial charge on any atom is -0.245 e. The second kappa shape index (κ2) is 11.3. The van der Waals surface area contributed by atoms with Crippen molar-refractivity contribution in [3.8, 4) is 44.8 Å². The van der Waals surface area contributed by atoms with Gasteiger partial charge in [-0.25, -0.2) is 9.97 Å². The molecule has 0 saturated heterocycles. The van der Waals surface area contributed by atoms with E-state index in [1.165, 1.54) is 54.6 Å². The highest BCUT2D eigenvalue weighted by atomic mass is 28.3. The van der Waals surface area contributed by atoms with Gasteiger partial charge < -0.3 is 0 Å². The molecule has 0 saturated carbocycles. The van der Waals surface area contributed by atoms with E-state index in [2.05, 4.69) is 177 Å². The van der Waals surface area contributed by atoms with E-state index in [0.717, 1.165) is 44.3 Å². The molecule has 11 rings (SSSR count). The topological polar surface area (TPSA) is 25.8 Å². The van der Waals surface area contributed by atoms with Crippen LogP contribution in [-0.2, 0) is 0 Å². The van der Waals surface area contributed by atoms with Gasteiger partial charge in [0.05, 0.1) is 22.4 Å². The summed E-state index contributed by atoms with van der Waals surface area (Å²) in [4.78, 5) is 10.6. The predicted molar refractivity (Wildman–Crippen MR) is 228 cm³/mol. The van der Waals surface area contributed by atoms with Crippen molar-refractivity contribution in [2.75, 3.05) is 0 Å². The summed E-state index contributed by atoms with van der Waals surface area (Å²) in [5.74, 6) is 0. The third kappa shape index (κ3) is 4.44. The Bertz CT molecular complexity index is 3090. The molecule has 3 heterocycles. The van der Waals surface area contributed by atoms with Gasteiger partial charge in [0.1, 0.15) is 8.07 Å². The summed E-state index contributed by atoms with van der Waals surface area (Å²) in [6.07, 6.45) is 0. The van der Waals surface area contributed by atoms with E-state index < -0.39 is 8.07 Å². The first-order valence-corrected chi connectivity index (χ1v) is 21.4. The fourth-order valence-corrected chi connectivity index (χ4v) is 12.2. The van der Waals surface area contributed by atoms with Gasteiger partial charge in [-0.2, -0.15) is 0 Å². The lowest BCUT2D eigenvalue weighted by molar-refractivity contribution is 1.37. The molecule has 0 fully saturated rings. The fourth-order valence-electron chi connectivity index (χ4n) is 9.08. The molecule has 0 aliphatic carbocycles. The quantitative estimate of drug-likeness (QED) is 0.105. The van der Waals surface area contributed by atoms with Gasteiger partial charge in [-0.15, -0.1) is 0 Å². The largest absolute Gasteiger partial charge is 0.245 e. The van der Waals surface area contributed by atoms with E-state index in [4.69, 9.17) is 9.97 Å². The Morgan fingerprint density at radius 2 is 0.906 bits per heavy atom. The van der Waals surface area contributed by atoms with Crippen molar-refractivity contribution in [3.05, 3.63) is 170 Å². The summed E-state index contributed by atoms with van der Waals surface area (Å²) in [5, 5.41) is 12.7. The number of hydrogen-bond acceptors (Lipinski definition) is 2. The van der Waals surface area contributed by atoms with Crippen LogP contribution in [0.1, 0.15) is 0 Å². The fraction of sp³-hybridized carbons (Fsp3) is 0.0400. The van der Waals surface area contributed by atoms with E-state index in [-0.39, 0.29) is 0 Å². The molecular formula is C50H34N2Si. The maximum Gasteiger partial charge on any atom is 0.113 e. The number of hydrogen-bond donors (Lipinski definition) is 0. The summed E-state index contributed by atoms with van der Waals surface area (Å²) in [5.41, 5.74) is 11.4. The standard InChI is InChI=1S/C50H34N2Si/c1-53(2)44-19-11-10-18-41(44)48-36-26-22-35(30-34(36)25-29-45(48)53)46-37-14-6-8-16-39(37)47(40-17-9-7-15-38(40)46)43-28-24-33-21-20-32-23-27-42(31-12-4-3-5-13-31)51-49(32)50(33)52-43/h3-30H,1-2H3. The van der Waals surface area contributed by atoms with Crippen molar-refractivity contribution in [2.45, 2.75) is 13.1 Å². The van der Waals surface area contributed by atoms with Gasteiger partial charge in [-0.05, 0) is 83.1 Å². The highest BCUT2D eigenvalue weighted by molar-refractivity contribution is 7.04. The van der Waals surface area contributed by atoms with Gasteiger partial charge in [-0.1, -0.05) is 165 Å². The van der Waals surface area contributed by atoms with Gasteiger partial charge in [0, 0.05) is 21.9 Å². The number of benzene rings is 8. The summed E-state index contributed by atoms with van der Waals surface area (Å²) in [6, 6.07) is 62.1. The molecule has 0 amide bonds. The molecule has 0 spiro atoms. The molecule has 1 aliphatic rings. The second-order valence-corrected chi connectivity index (χ2v) is 19.2. The normalized spacial score (nSPS) is 13.2. The predicted octanol–water partition coefficient (Wildman–Crippen LogP) is 12.0. The molecule has 3 heteroatoms. The summed E-state index contributed by atoms with van der Waals surface area (Å²) in [6.45, 7) is 4.98. The Morgan fingerprint density at radius 3 is 1.60 bits per heavy atom. The van der Waals surface area contributed by atoms with Gasteiger partial charge in [0.25, 0.3) is 0 Å². The van der Waals surface area contributed by atoms with Gasteiger partial charge in [-0.3, -0.25) is 0 Å². The van der Waals surface area contributed by atoms with Crippen LogP contribution in [-0.4, -0.2) is 18.0 Å². The third-order valence-electron chi connectivity index (χ3n) is 11.6. The van der Waals surface area contributed by atoms with E-state index >= 15 is 0 Å². The zero-order valence-corrected chi connectivity index (χ0v) is 30.6. The van der Waals surface area contributed by atoms with Crippen LogP contribution in [0.4, 0.5) is 0 Å². The summed E-state index contributed by atoms with van der Waals surface area (Å²) >= 11 is 0. The van der Waals surface area contributed by atoms with Crippen LogP contribution in [0, 0.1) is 0 Å². The molecule has 2 nitrogen and oxygen atoms in total. The number of fused-ring (bicyclic) bond motifs is 10. The molecule has 1 aliphatic heterocycles.